The minimum Gasteiger partial charge on any atom is -0.293 e. The van der Waals surface area contributed by atoms with Crippen molar-refractivity contribution >= 4 is 33.5 Å². The molecule has 1 fully saturated rings. The van der Waals surface area contributed by atoms with Crippen molar-refractivity contribution < 1.29 is 4.79 Å². The predicted molar refractivity (Wildman–Crippen MR) is 112 cm³/mol. The first kappa shape index (κ1) is 17.2. The lowest BCUT2D eigenvalue weighted by molar-refractivity contribution is 0.0637. The maximum atomic E-state index is 14.1. The van der Waals surface area contributed by atoms with Crippen LogP contribution >= 0.6 is 27.7 Å². The van der Waals surface area contributed by atoms with Gasteiger partial charge in [0, 0.05) is 37.5 Å². The molecule has 134 valence electrons. The Balaban J connectivity index is 1.75. The molecule has 2 aliphatic rings. The van der Waals surface area contributed by atoms with E-state index in [-0.39, 0.29) is 16.4 Å². The molecular weight excluding hydrogens is 418 g/mol. The third-order valence-corrected chi connectivity index (χ3v) is 8.10. The zero-order chi connectivity index (χ0) is 18.6. The number of ketones is 1. The predicted octanol–water partition coefficient (Wildman–Crippen LogP) is 6.02. The van der Waals surface area contributed by atoms with Crippen LogP contribution in [0.15, 0.2) is 82.3 Å². The number of pyridine rings is 1. The summed E-state index contributed by atoms with van der Waals surface area (Å²) in [5.41, 5.74) is 2.34. The maximum Gasteiger partial charge on any atom is 0.175 e. The smallest absolute Gasteiger partial charge is 0.175 e. The summed E-state index contributed by atoms with van der Waals surface area (Å²) >= 11 is 5.38. The molecule has 1 aliphatic heterocycles. The molecule has 0 saturated heterocycles. The minimum atomic E-state index is -0.580. The lowest BCUT2D eigenvalue weighted by Gasteiger charge is -2.58. The first-order valence-corrected chi connectivity index (χ1v) is 10.7. The Bertz CT molecular complexity index is 1050. The average molecular weight is 436 g/mol. The van der Waals surface area contributed by atoms with Crippen LogP contribution < -0.4 is 0 Å². The van der Waals surface area contributed by atoms with Gasteiger partial charge in [0.15, 0.2) is 5.78 Å². The minimum absolute atomic E-state index is 0.0892. The average Bonchev–Trinajstić information content (AvgIpc) is 2.87. The van der Waals surface area contributed by atoms with Crippen molar-refractivity contribution in [2.45, 2.75) is 34.3 Å². The highest BCUT2D eigenvalue weighted by atomic mass is 79.9. The highest BCUT2D eigenvalue weighted by Gasteiger charge is 2.72. The van der Waals surface area contributed by atoms with E-state index in [9.17, 15) is 4.79 Å². The summed E-state index contributed by atoms with van der Waals surface area (Å²) in [4.78, 5) is 19.9. The molecule has 0 unspecified atom stereocenters. The topological polar surface area (TPSA) is 30.0 Å². The Morgan fingerprint density at radius 1 is 1.11 bits per heavy atom. The third-order valence-electron chi connectivity index (χ3n) is 6.09. The second kappa shape index (κ2) is 6.05. The number of Topliss-reactive ketones (excluding diaryl/α,β-unsaturated/α-hetero) is 1. The summed E-state index contributed by atoms with van der Waals surface area (Å²) in [7, 11) is 0. The van der Waals surface area contributed by atoms with E-state index >= 15 is 0 Å². The highest BCUT2D eigenvalue weighted by Crippen LogP contribution is 2.73. The van der Waals surface area contributed by atoms with Crippen LogP contribution in [0.4, 0.5) is 0 Å². The Morgan fingerprint density at radius 2 is 1.93 bits per heavy atom. The van der Waals surface area contributed by atoms with Crippen molar-refractivity contribution in [3.8, 4) is 0 Å². The summed E-state index contributed by atoms with van der Waals surface area (Å²) in [6.07, 6.45) is 2.78. The Hall–Kier alpha value is -1.91. The van der Waals surface area contributed by atoms with Crippen LogP contribution in [0, 0.1) is 0 Å². The summed E-state index contributed by atoms with van der Waals surface area (Å²) in [5, 5.41) is 0. The van der Waals surface area contributed by atoms with Gasteiger partial charge in [0.1, 0.15) is 0 Å². The van der Waals surface area contributed by atoms with Crippen molar-refractivity contribution in [3.05, 3.63) is 94.2 Å². The monoisotopic (exact) mass is 435 g/mol. The fraction of sp³-hybridized carbons (Fsp3) is 0.217. The molecule has 0 N–H and O–H groups in total. The quantitative estimate of drug-likeness (QED) is 0.471. The van der Waals surface area contributed by atoms with Gasteiger partial charge in [0.25, 0.3) is 0 Å². The third kappa shape index (κ3) is 2.26. The molecule has 0 radical (unpaired) electrons. The zero-order valence-electron chi connectivity index (χ0n) is 14.9. The van der Waals surface area contributed by atoms with Gasteiger partial charge in [-0.3, -0.25) is 9.78 Å². The normalized spacial score (nSPS) is 28.1. The van der Waals surface area contributed by atoms with Gasteiger partial charge in [-0.25, -0.2) is 0 Å². The standard InChI is InChI=1S/C23H18BrNOS/c1-22-14-18(19-10-4-5-12-25-19)23(22,17-9-2-3-11-20(17)27-22)21(26)15-7-6-8-16(24)13-15/h2-13,18H,14H2,1H3/t18-,22+,23-/m1/s1. The van der Waals surface area contributed by atoms with Gasteiger partial charge in [-0.15, -0.1) is 11.8 Å². The molecule has 3 aromatic rings. The van der Waals surface area contributed by atoms with Gasteiger partial charge in [0.2, 0.25) is 0 Å². The van der Waals surface area contributed by atoms with E-state index in [0.29, 0.717) is 0 Å². The largest absolute Gasteiger partial charge is 0.293 e. The van der Waals surface area contributed by atoms with Crippen LogP contribution in [0.5, 0.6) is 0 Å². The van der Waals surface area contributed by atoms with E-state index in [1.165, 1.54) is 4.90 Å². The van der Waals surface area contributed by atoms with Gasteiger partial charge in [-0.2, -0.15) is 0 Å². The van der Waals surface area contributed by atoms with Gasteiger partial charge in [-0.1, -0.05) is 52.3 Å². The van der Waals surface area contributed by atoms with Gasteiger partial charge >= 0.3 is 0 Å². The highest BCUT2D eigenvalue weighted by molar-refractivity contribution is 9.10. The Morgan fingerprint density at radius 3 is 2.70 bits per heavy atom. The van der Waals surface area contributed by atoms with Gasteiger partial charge in [0.05, 0.1) is 5.41 Å². The van der Waals surface area contributed by atoms with Crippen LogP contribution in [0.1, 0.15) is 40.9 Å². The van der Waals surface area contributed by atoms with Crippen LogP contribution in [-0.2, 0) is 5.41 Å². The molecule has 27 heavy (non-hydrogen) atoms. The van der Waals surface area contributed by atoms with Crippen LogP contribution in [0.2, 0.25) is 0 Å². The van der Waals surface area contributed by atoms with Crippen LogP contribution in [0.3, 0.4) is 0 Å². The van der Waals surface area contributed by atoms with Crippen molar-refractivity contribution in [1.29, 1.82) is 0 Å². The van der Waals surface area contributed by atoms with Gasteiger partial charge < -0.3 is 0 Å². The van der Waals surface area contributed by atoms with E-state index in [2.05, 4.69) is 58.2 Å². The lowest BCUT2D eigenvalue weighted by atomic mass is 9.47. The molecule has 4 heteroatoms. The van der Waals surface area contributed by atoms with Gasteiger partial charge in [-0.05, 0) is 49.2 Å². The van der Waals surface area contributed by atoms with E-state index in [1.807, 2.05) is 54.4 Å². The van der Waals surface area contributed by atoms with E-state index in [1.54, 1.807) is 0 Å². The van der Waals surface area contributed by atoms with Crippen molar-refractivity contribution in [3.63, 3.8) is 0 Å². The zero-order valence-corrected chi connectivity index (χ0v) is 17.3. The Kier molecular flexibility index (Phi) is 3.85. The van der Waals surface area contributed by atoms with E-state index < -0.39 is 5.41 Å². The van der Waals surface area contributed by atoms with Crippen molar-refractivity contribution in [1.82, 2.24) is 4.98 Å². The van der Waals surface area contributed by atoms with Crippen molar-refractivity contribution in [2.24, 2.45) is 0 Å². The van der Waals surface area contributed by atoms with E-state index in [0.717, 1.165) is 27.7 Å². The number of benzene rings is 2. The van der Waals surface area contributed by atoms with Crippen LogP contribution in [-0.4, -0.2) is 15.5 Å². The summed E-state index contributed by atoms with van der Waals surface area (Å²) in [5.74, 6) is 0.289. The molecule has 2 heterocycles. The maximum absolute atomic E-state index is 14.1. The number of halogens is 1. The van der Waals surface area contributed by atoms with Crippen LogP contribution in [0.25, 0.3) is 0 Å². The summed E-state index contributed by atoms with van der Waals surface area (Å²) < 4.78 is 0.775. The molecule has 1 aliphatic carbocycles. The van der Waals surface area contributed by atoms with Crippen molar-refractivity contribution in [2.75, 3.05) is 0 Å². The molecular formula is C23H18BrNOS. The second-order valence-corrected chi connectivity index (χ2v) is 9.95. The number of thioether (sulfide) groups is 1. The number of hydrogen-bond acceptors (Lipinski definition) is 3. The number of carbonyl (C=O) groups excluding carboxylic acids is 1. The molecule has 2 nitrogen and oxygen atoms in total. The molecule has 0 amide bonds. The number of nitrogens with zero attached hydrogens (tertiary/aromatic N) is 1. The summed E-state index contributed by atoms with van der Waals surface area (Å²) in [6, 6.07) is 22.2. The lowest BCUT2D eigenvalue weighted by Crippen LogP contribution is -2.64. The SMILES string of the molecule is C[C@]12C[C@H](c3ccccn3)[C@@]1(C(=O)c1cccc(Br)c1)c1ccccc1S2. The fourth-order valence-electron chi connectivity index (χ4n) is 4.95. The molecule has 3 atom stereocenters. The number of rotatable bonds is 3. The number of aromatic nitrogens is 1. The molecule has 1 saturated carbocycles. The number of carbonyl (C=O) groups is 1. The molecule has 0 spiro atoms. The second-order valence-electron chi connectivity index (χ2n) is 7.49. The number of fused-ring (bicyclic) bond motifs is 3. The van der Waals surface area contributed by atoms with E-state index in [4.69, 9.17) is 0 Å². The fourth-order valence-corrected chi connectivity index (χ4v) is 7.07. The first-order chi connectivity index (χ1) is 13.1. The summed E-state index contributed by atoms with van der Waals surface area (Å²) in [6.45, 7) is 2.24. The Labute approximate surface area is 171 Å². The molecule has 5 rings (SSSR count). The molecule has 1 aromatic heterocycles. The molecule has 2 aromatic carbocycles. The molecule has 0 bridgehead atoms. The number of hydrogen-bond donors (Lipinski definition) is 0. The first-order valence-electron chi connectivity index (χ1n) is 9.06.